The Labute approximate surface area is 73.6 Å². The Hall–Kier alpha value is -0.810. The molecular formula is C6H6ClNO3S. The fourth-order valence-corrected chi connectivity index (χ4v) is 1.62. The Bertz CT molecular complexity index is 448. The third-order valence-electron chi connectivity index (χ3n) is 1.28. The van der Waals surface area contributed by atoms with Gasteiger partial charge in [-0.1, -0.05) is 0 Å². The molecule has 0 radical (unpaired) electrons. The van der Waals surface area contributed by atoms with Gasteiger partial charge >= 0.3 is 0 Å². The van der Waals surface area contributed by atoms with Crippen molar-refractivity contribution in [2.45, 2.75) is 11.8 Å². The summed E-state index contributed by atoms with van der Waals surface area (Å²) in [4.78, 5) is 12.9. The van der Waals surface area contributed by atoms with Crippen molar-refractivity contribution < 1.29 is 8.42 Å². The average Bonchev–Trinajstić information content (AvgIpc) is 1.83. The van der Waals surface area contributed by atoms with Crippen LogP contribution < -0.4 is 5.56 Å². The van der Waals surface area contributed by atoms with Crippen LogP contribution in [0.15, 0.2) is 21.8 Å². The zero-order chi connectivity index (χ0) is 9.35. The van der Waals surface area contributed by atoms with E-state index in [-0.39, 0.29) is 0 Å². The van der Waals surface area contributed by atoms with Gasteiger partial charge in [-0.15, -0.1) is 0 Å². The molecule has 1 aromatic rings. The molecule has 1 rings (SSSR count). The molecular weight excluding hydrogens is 202 g/mol. The van der Waals surface area contributed by atoms with E-state index in [0.717, 1.165) is 0 Å². The van der Waals surface area contributed by atoms with Gasteiger partial charge in [0.25, 0.3) is 14.6 Å². The molecule has 0 aliphatic carbocycles. The third kappa shape index (κ3) is 1.86. The highest BCUT2D eigenvalue weighted by Gasteiger charge is 2.13. The zero-order valence-electron chi connectivity index (χ0n) is 6.17. The number of pyridine rings is 1. The molecule has 0 saturated carbocycles. The number of aromatic amines is 1. The maximum Gasteiger partial charge on any atom is 0.268 e. The predicted octanol–water partition coefficient (Wildman–Crippen LogP) is 0.611. The fourth-order valence-electron chi connectivity index (χ4n) is 0.751. The molecule has 0 unspecified atom stereocenters. The molecule has 4 nitrogen and oxygen atoms in total. The second kappa shape index (κ2) is 2.91. The van der Waals surface area contributed by atoms with Crippen LogP contribution in [-0.2, 0) is 9.05 Å². The Morgan fingerprint density at radius 1 is 1.42 bits per heavy atom. The smallest absolute Gasteiger partial charge is 0.268 e. The van der Waals surface area contributed by atoms with Gasteiger partial charge in [0, 0.05) is 16.4 Å². The number of H-pyrrole nitrogens is 1. The first kappa shape index (κ1) is 9.28. The molecule has 0 bridgehead atoms. The summed E-state index contributed by atoms with van der Waals surface area (Å²) in [5, 5.41) is 0. The van der Waals surface area contributed by atoms with Gasteiger partial charge in [0.05, 0.1) is 0 Å². The molecule has 12 heavy (non-hydrogen) atoms. The van der Waals surface area contributed by atoms with Crippen molar-refractivity contribution in [3.8, 4) is 0 Å². The van der Waals surface area contributed by atoms with Gasteiger partial charge in [0.2, 0.25) is 0 Å². The number of hydrogen-bond acceptors (Lipinski definition) is 3. The second-order valence-electron chi connectivity index (χ2n) is 2.27. The van der Waals surface area contributed by atoms with E-state index < -0.39 is 19.5 Å². The molecule has 66 valence electrons. The summed E-state index contributed by atoms with van der Waals surface area (Å²) in [5.74, 6) is 0. The predicted molar refractivity (Wildman–Crippen MR) is 44.8 cm³/mol. The molecule has 0 amide bonds. The lowest BCUT2D eigenvalue weighted by molar-refractivity contribution is 0.608. The van der Waals surface area contributed by atoms with Crippen molar-refractivity contribution >= 4 is 19.7 Å². The SMILES string of the molecule is Cc1ccc(S(=O)(=O)Cl)c(=O)[nH]1. The van der Waals surface area contributed by atoms with Gasteiger partial charge in [0.15, 0.2) is 0 Å². The first-order valence-electron chi connectivity index (χ1n) is 3.06. The number of rotatable bonds is 1. The van der Waals surface area contributed by atoms with E-state index in [0.29, 0.717) is 5.69 Å². The van der Waals surface area contributed by atoms with E-state index >= 15 is 0 Å². The quantitative estimate of drug-likeness (QED) is 0.687. The number of hydrogen-bond donors (Lipinski definition) is 1. The molecule has 1 N–H and O–H groups in total. The summed E-state index contributed by atoms with van der Waals surface area (Å²) in [6.45, 7) is 1.64. The lowest BCUT2D eigenvalue weighted by Crippen LogP contribution is -2.14. The normalized spacial score (nSPS) is 11.5. The van der Waals surface area contributed by atoms with E-state index in [9.17, 15) is 13.2 Å². The van der Waals surface area contributed by atoms with Crippen LogP contribution in [-0.4, -0.2) is 13.4 Å². The van der Waals surface area contributed by atoms with Crippen molar-refractivity contribution in [3.05, 3.63) is 28.2 Å². The minimum absolute atomic E-state index is 0.422. The molecule has 6 heteroatoms. The minimum atomic E-state index is -3.92. The van der Waals surface area contributed by atoms with Gasteiger partial charge in [-0.2, -0.15) is 0 Å². The lowest BCUT2D eigenvalue weighted by Gasteiger charge is -1.94. The molecule has 1 aromatic heterocycles. The minimum Gasteiger partial charge on any atom is -0.325 e. The molecule has 0 atom stereocenters. The molecule has 0 spiro atoms. The van der Waals surface area contributed by atoms with Gasteiger partial charge in [-0.05, 0) is 19.1 Å². The topological polar surface area (TPSA) is 67.0 Å². The third-order valence-corrected chi connectivity index (χ3v) is 2.63. The van der Waals surface area contributed by atoms with E-state index in [1.807, 2.05) is 0 Å². The van der Waals surface area contributed by atoms with Gasteiger partial charge in [0.1, 0.15) is 4.90 Å². The van der Waals surface area contributed by atoms with Crippen molar-refractivity contribution in [2.75, 3.05) is 0 Å². The van der Waals surface area contributed by atoms with Crippen LogP contribution in [0.1, 0.15) is 5.69 Å². The van der Waals surface area contributed by atoms with Crippen molar-refractivity contribution in [1.29, 1.82) is 0 Å². The molecule has 0 saturated heterocycles. The van der Waals surface area contributed by atoms with Crippen molar-refractivity contribution in [3.63, 3.8) is 0 Å². The highest BCUT2D eigenvalue weighted by Crippen LogP contribution is 2.08. The van der Waals surface area contributed by atoms with Crippen molar-refractivity contribution in [1.82, 2.24) is 4.98 Å². The molecule has 0 aromatic carbocycles. The standard InChI is InChI=1S/C6H6ClNO3S/c1-4-2-3-5(6(9)8-4)12(7,10)11/h2-3H,1H3,(H,8,9). The summed E-state index contributed by atoms with van der Waals surface area (Å²) in [5.41, 5.74) is -0.103. The van der Waals surface area contributed by atoms with Crippen LogP contribution in [0.4, 0.5) is 0 Å². The van der Waals surface area contributed by atoms with E-state index in [1.54, 1.807) is 6.92 Å². The number of nitrogens with one attached hydrogen (secondary N) is 1. The summed E-state index contributed by atoms with van der Waals surface area (Å²) in [7, 11) is 1.05. The maximum absolute atomic E-state index is 11.0. The van der Waals surface area contributed by atoms with Gasteiger partial charge < -0.3 is 4.98 Å². The largest absolute Gasteiger partial charge is 0.325 e. The van der Waals surface area contributed by atoms with Crippen LogP contribution in [0, 0.1) is 6.92 Å². The summed E-state index contributed by atoms with van der Waals surface area (Å²) < 4.78 is 21.4. The maximum atomic E-state index is 11.0. The molecule has 1 heterocycles. The Kier molecular flexibility index (Phi) is 2.25. The average molecular weight is 208 g/mol. The highest BCUT2D eigenvalue weighted by atomic mass is 35.7. The van der Waals surface area contributed by atoms with Crippen LogP contribution in [0.2, 0.25) is 0 Å². The van der Waals surface area contributed by atoms with Crippen LogP contribution in [0.25, 0.3) is 0 Å². The lowest BCUT2D eigenvalue weighted by atomic mass is 10.4. The van der Waals surface area contributed by atoms with Crippen LogP contribution in [0.3, 0.4) is 0 Å². The summed E-state index contributed by atoms with van der Waals surface area (Å²) in [6.07, 6.45) is 0. The number of aryl methyl sites for hydroxylation is 1. The molecule has 0 fully saturated rings. The summed E-state index contributed by atoms with van der Waals surface area (Å²) in [6, 6.07) is 2.65. The second-order valence-corrected chi connectivity index (χ2v) is 4.81. The zero-order valence-corrected chi connectivity index (χ0v) is 7.74. The fraction of sp³-hybridized carbons (Fsp3) is 0.167. The first-order valence-corrected chi connectivity index (χ1v) is 5.37. The first-order chi connectivity index (χ1) is 5.41. The van der Waals surface area contributed by atoms with Gasteiger partial charge in [-0.3, -0.25) is 4.79 Å². The van der Waals surface area contributed by atoms with Gasteiger partial charge in [-0.25, -0.2) is 8.42 Å². The molecule has 0 aliphatic heterocycles. The van der Waals surface area contributed by atoms with E-state index in [2.05, 4.69) is 4.98 Å². The highest BCUT2D eigenvalue weighted by molar-refractivity contribution is 8.13. The Morgan fingerprint density at radius 2 is 2.00 bits per heavy atom. The molecule has 0 aliphatic rings. The number of aromatic nitrogens is 1. The van der Waals surface area contributed by atoms with Crippen LogP contribution in [0.5, 0.6) is 0 Å². The van der Waals surface area contributed by atoms with E-state index in [4.69, 9.17) is 10.7 Å². The van der Waals surface area contributed by atoms with Crippen molar-refractivity contribution in [2.24, 2.45) is 0 Å². The Balaban J connectivity index is 3.50. The van der Waals surface area contributed by atoms with Crippen LogP contribution >= 0.6 is 10.7 Å². The summed E-state index contributed by atoms with van der Waals surface area (Å²) >= 11 is 0. The number of halogens is 1. The monoisotopic (exact) mass is 207 g/mol. The Morgan fingerprint density at radius 3 is 2.42 bits per heavy atom. The van der Waals surface area contributed by atoms with E-state index in [1.165, 1.54) is 12.1 Å².